The summed E-state index contributed by atoms with van der Waals surface area (Å²) in [6, 6.07) is 1.02. The van der Waals surface area contributed by atoms with Gasteiger partial charge in [0.25, 0.3) is 0 Å². The van der Waals surface area contributed by atoms with Crippen molar-refractivity contribution in [1.29, 1.82) is 0 Å². The Balaban J connectivity index is 2.50. The molecule has 1 fully saturated rings. The molecule has 0 aromatic heterocycles. The van der Waals surface area contributed by atoms with E-state index in [9.17, 15) is 0 Å². The van der Waals surface area contributed by atoms with Crippen LogP contribution in [0.1, 0.15) is 34.1 Å². The number of hydrogen-bond donors (Lipinski definition) is 1. The Morgan fingerprint density at radius 2 is 2.00 bits per heavy atom. The summed E-state index contributed by atoms with van der Waals surface area (Å²) in [5.74, 6) is 1.66. The molecule has 0 saturated carbocycles. The van der Waals surface area contributed by atoms with Gasteiger partial charge in [-0.05, 0) is 32.1 Å². The van der Waals surface area contributed by atoms with Gasteiger partial charge in [0.1, 0.15) is 0 Å². The lowest BCUT2D eigenvalue weighted by Gasteiger charge is -2.41. The van der Waals surface area contributed by atoms with Crippen molar-refractivity contribution in [3.8, 4) is 0 Å². The molecule has 1 saturated heterocycles. The predicted octanol–water partition coefficient (Wildman–Crippen LogP) is 1.70. The highest BCUT2D eigenvalue weighted by atomic mass is 15.2. The molecule has 0 bridgehead atoms. The maximum absolute atomic E-state index is 5.83. The van der Waals surface area contributed by atoms with Gasteiger partial charge >= 0.3 is 0 Å². The van der Waals surface area contributed by atoms with E-state index >= 15 is 0 Å². The second-order valence-electron chi connectivity index (χ2n) is 4.99. The standard InChI is InChI=1S/C11H24N2/c1-8-5-9(2)11(4)13(6-8)7-10(3)12/h8-11H,5-7,12H2,1-4H3/t8?,9?,10-,11?/m1/s1. The molecule has 0 aromatic rings. The third-order valence-electron chi connectivity index (χ3n) is 3.24. The minimum Gasteiger partial charge on any atom is -0.327 e. The number of hydrogen-bond acceptors (Lipinski definition) is 2. The van der Waals surface area contributed by atoms with Crippen LogP contribution in [0.25, 0.3) is 0 Å². The van der Waals surface area contributed by atoms with Crippen LogP contribution in [0.15, 0.2) is 0 Å². The van der Waals surface area contributed by atoms with E-state index in [2.05, 4.69) is 32.6 Å². The first kappa shape index (κ1) is 11.0. The van der Waals surface area contributed by atoms with Gasteiger partial charge in [-0.1, -0.05) is 13.8 Å². The van der Waals surface area contributed by atoms with E-state index in [0.29, 0.717) is 12.1 Å². The van der Waals surface area contributed by atoms with Gasteiger partial charge in [0.2, 0.25) is 0 Å². The molecule has 3 unspecified atom stereocenters. The zero-order valence-electron chi connectivity index (χ0n) is 9.46. The highest BCUT2D eigenvalue weighted by molar-refractivity contribution is 4.83. The summed E-state index contributed by atoms with van der Waals surface area (Å²) in [5, 5.41) is 0. The molecule has 0 amide bonds. The highest BCUT2D eigenvalue weighted by Gasteiger charge is 2.28. The molecule has 0 spiro atoms. The highest BCUT2D eigenvalue weighted by Crippen LogP contribution is 2.26. The molecular weight excluding hydrogens is 160 g/mol. The molecule has 1 heterocycles. The van der Waals surface area contributed by atoms with Gasteiger partial charge in [-0.2, -0.15) is 0 Å². The molecule has 78 valence electrons. The Hall–Kier alpha value is -0.0800. The molecular formula is C11H24N2. The van der Waals surface area contributed by atoms with Crippen LogP contribution in [0.5, 0.6) is 0 Å². The quantitative estimate of drug-likeness (QED) is 0.708. The zero-order chi connectivity index (χ0) is 10.0. The second-order valence-corrected chi connectivity index (χ2v) is 4.99. The minimum atomic E-state index is 0.306. The molecule has 0 aromatic carbocycles. The van der Waals surface area contributed by atoms with Crippen LogP contribution in [0.2, 0.25) is 0 Å². The zero-order valence-corrected chi connectivity index (χ0v) is 9.46. The van der Waals surface area contributed by atoms with Crippen molar-refractivity contribution in [3.05, 3.63) is 0 Å². The van der Waals surface area contributed by atoms with Gasteiger partial charge in [0.15, 0.2) is 0 Å². The summed E-state index contributed by atoms with van der Waals surface area (Å²) in [4.78, 5) is 2.55. The first-order valence-electron chi connectivity index (χ1n) is 5.50. The van der Waals surface area contributed by atoms with Crippen molar-refractivity contribution >= 4 is 0 Å². The average Bonchev–Trinajstić information content (AvgIpc) is 1.98. The van der Waals surface area contributed by atoms with Crippen LogP contribution in [0.4, 0.5) is 0 Å². The maximum atomic E-state index is 5.83. The van der Waals surface area contributed by atoms with Crippen molar-refractivity contribution < 1.29 is 0 Å². The molecule has 1 aliphatic heterocycles. The molecule has 1 rings (SSSR count). The lowest BCUT2D eigenvalue weighted by molar-refractivity contribution is 0.0758. The van der Waals surface area contributed by atoms with Crippen LogP contribution in [-0.2, 0) is 0 Å². The van der Waals surface area contributed by atoms with Crippen LogP contribution < -0.4 is 5.73 Å². The number of nitrogens with zero attached hydrogens (tertiary/aromatic N) is 1. The van der Waals surface area contributed by atoms with E-state index in [1.165, 1.54) is 13.0 Å². The van der Waals surface area contributed by atoms with Crippen LogP contribution >= 0.6 is 0 Å². The van der Waals surface area contributed by atoms with Crippen molar-refractivity contribution in [2.75, 3.05) is 13.1 Å². The SMILES string of the molecule is CC1CC(C)C(C)N(C[C@@H](C)N)C1. The van der Waals surface area contributed by atoms with Crippen molar-refractivity contribution in [3.63, 3.8) is 0 Å². The predicted molar refractivity (Wildman–Crippen MR) is 57.6 cm³/mol. The van der Waals surface area contributed by atoms with E-state index in [1.54, 1.807) is 0 Å². The molecule has 2 nitrogen and oxygen atoms in total. The van der Waals surface area contributed by atoms with Gasteiger partial charge in [-0.25, -0.2) is 0 Å². The van der Waals surface area contributed by atoms with E-state index < -0.39 is 0 Å². The summed E-state index contributed by atoms with van der Waals surface area (Å²) >= 11 is 0. The maximum Gasteiger partial charge on any atom is 0.0139 e. The molecule has 2 N–H and O–H groups in total. The molecule has 0 radical (unpaired) electrons. The summed E-state index contributed by atoms with van der Waals surface area (Å²) in [6.45, 7) is 11.4. The Bertz CT molecular complexity index is 154. The Labute approximate surface area is 82.5 Å². The number of piperidine rings is 1. The molecule has 1 aliphatic rings. The molecule has 2 heteroatoms. The summed E-state index contributed by atoms with van der Waals surface area (Å²) in [7, 11) is 0. The first-order valence-corrected chi connectivity index (χ1v) is 5.50. The third-order valence-corrected chi connectivity index (χ3v) is 3.24. The third kappa shape index (κ3) is 2.96. The number of likely N-dealkylation sites (tertiary alicyclic amines) is 1. The monoisotopic (exact) mass is 184 g/mol. The molecule has 13 heavy (non-hydrogen) atoms. The molecule has 0 aliphatic carbocycles. The average molecular weight is 184 g/mol. The largest absolute Gasteiger partial charge is 0.327 e. The van der Waals surface area contributed by atoms with E-state index in [0.717, 1.165) is 18.4 Å². The summed E-state index contributed by atoms with van der Waals surface area (Å²) in [6.07, 6.45) is 1.37. The summed E-state index contributed by atoms with van der Waals surface area (Å²) in [5.41, 5.74) is 5.83. The number of rotatable bonds is 2. The smallest absolute Gasteiger partial charge is 0.0139 e. The fraction of sp³-hybridized carbons (Fsp3) is 1.00. The normalized spacial score (nSPS) is 39.0. The van der Waals surface area contributed by atoms with Gasteiger partial charge in [-0.3, -0.25) is 4.90 Å². The Morgan fingerprint density at radius 3 is 2.54 bits per heavy atom. The van der Waals surface area contributed by atoms with Crippen LogP contribution in [0.3, 0.4) is 0 Å². The van der Waals surface area contributed by atoms with Crippen molar-refractivity contribution in [2.24, 2.45) is 17.6 Å². The lowest BCUT2D eigenvalue weighted by atomic mass is 9.86. The van der Waals surface area contributed by atoms with E-state index in [-0.39, 0.29) is 0 Å². The fourth-order valence-electron chi connectivity index (χ4n) is 2.44. The van der Waals surface area contributed by atoms with Crippen LogP contribution in [-0.4, -0.2) is 30.1 Å². The van der Waals surface area contributed by atoms with E-state index in [1.807, 2.05) is 0 Å². The Kier molecular flexibility index (Phi) is 3.74. The van der Waals surface area contributed by atoms with Gasteiger partial charge in [0, 0.05) is 25.2 Å². The van der Waals surface area contributed by atoms with E-state index in [4.69, 9.17) is 5.73 Å². The van der Waals surface area contributed by atoms with Gasteiger partial charge < -0.3 is 5.73 Å². The Morgan fingerprint density at radius 1 is 1.38 bits per heavy atom. The minimum absolute atomic E-state index is 0.306. The van der Waals surface area contributed by atoms with Crippen molar-refractivity contribution in [1.82, 2.24) is 4.90 Å². The first-order chi connectivity index (χ1) is 6.00. The summed E-state index contributed by atoms with van der Waals surface area (Å²) < 4.78 is 0. The lowest BCUT2D eigenvalue weighted by Crippen LogP contribution is -2.49. The fourth-order valence-corrected chi connectivity index (χ4v) is 2.44. The van der Waals surface area contributed by atoms with Crippen molar-refractivity contribution in [2.45, 2.75) is 46.2 Å². The second kappa shape index (κ2) is 4.43. The van der Waals surface area contributed by atoms with Gasteiger partial charge in [-0.15, -0.1) is 0 Å². The van der Waals surface area contributed by atoms with Crippen LogP contribution in [0, 0.1) is 11.8 Å². The molecule has 4 atom stereocenters. The topological polar surface area (TPSA) is 29.3 Å². The number of nitrogens with two attached hydrogens (primary N) is 1. The van der Waals surface area contributed by atoms with Gasteiger partial charge in [0.05, 0.1) is 0 Å².